The van der Waals surface area contributed by atoms with Crippen LogP contribution in [0.2, 0.25) is 0 Å². The molecule has 1 fully saturated rings. The van der Waals surface area contributed by atoms with E-state index in [9.17, 15) is 14.7 Å². The summed E-state index contributed by atoms with van der Waals surface area (Å²) in [7, 11) is 1.36. The van der Waals surface area contributed by atoms with Crippen LogP contribution in [-0.4, -0.2) is 67.1 Å². The largest absolute Gasteiger partial charge is 0.503 e. The second-order valence-electron chi connectivity index (χ2n) is 6.15. The van der Waals surface area contributed by atoms with Crippen LogP contribution in [0.3, 0.4) is 0 Å². The second kappa shape index (κ2) is 10.1. The van der Waals surface area contributed by atoms with Gasteiger partial charge in [0.1, 0.15) is 6.10 Å². The van der Waals surface area contributed by atoms with E-state index in [1.807, 2.05) is 6.92 Å². The summed E-state index contributed by atoms with van der Waals surface area (Å²) in [6.45, 7) is 4.62. The Bertz CT molecular complexity index is 653. The first-order valence-corrected chi connectivity index (χ1v) is 8.90. The van der Waals surface area contributed by atoms with E-state index in [2.05, 4.69) is 10.3 Å². The Kier molecular flexibility index (Phi) is 7.81. The van der Waals surface area contributed by atoms with Gasteiger partial charge in [-0.15, -0.1) is 0 Å². The molecule has 27 heavy (non-hydrogen) atoms. The number of aromatic hydroxyl groups is 1. The molecule has 0 unspecified atom stereocenters. The third-order valence-electron chi connectivity index (χ3n) is 4.10. The maximum absolute atomic E-state index is 12.4. The zero-order chi connectivity index (χ0) is 19.8. The normalized spacial score (nSPS) is 23.5. The molecule has 1 amide bonds. The van der Waals surface area contributed by atoms with Crippen molar-refractivity contribution in [3.05, 3.63) is 18.0 Å². The molecule has 0 saturated carbocycles. The minimum Gasteiger partial charge on any atom is -0.503 e. The summed E-state index contributed by atoms with van der Waals surface area (Å²) in [4.78, 5) is 28.7. The van der Waals surface area contributed by atoms with Gasteiger partial charge in [-0.05, 0) is 13.3 Å². The van der Waals surface area contributed by atoms with Crippen molar-refractivity contribution in [2.75, 3.05) is 26.9 Å². The SMILES string of the molecule is CCCO[C@@H]1CCOC[C@H](NC(=O)c2nccc(OC)c2O)C(=O)O[C@H]1C. The maximum Gasteiger partial charge on any atom is 0.331 e. The summed E-state index contributed by atoms with van der Waals surface area (Å²) in [5.41, 5.74) is -0.251. The molecule has 0 spiro atoms. The van der Waals surface area contributed by atoms with Crippen molar-refractivity contribution in [2.24, 2.45) is 0 Å². The molecule has 0 bridgehead atoms. The van der Waals surface area contributed by atoms with Crippen LogP contribution in [0.15, 0.2) is 12.3 Å². The number of pyridine rings is 1. The third kappa shape index (κ3) is 5.54. The highest BCUT2D eigenvalue weighted by atomic mass is 16.6. The molecule has 9 heteroatoms. The fourth-order valence-corrected chi connectivity index (χ4v) is 2.63. The number of amides is 1. The summed E-state index contributed by atoms with van der Waals surface area (Å²) in [6, 6.07) is 0.388. The van der Waals surface area contributed by atoms with Crippen molar-refractivity contribution >= 4 is 11.9 Å². The molecular weight excluding hydrogens is 356 g/mol. The van der Waals surface area contributed by atoms with Crippen LogP contribution in [0.5, 0.6) is 11.5 Å². The number of nitrogens with one attached hydrogen (secondary N) is 1. The van der Waals surface area contributed by atoms with Gasteiger partial charge in [-0.3, -0.25) is 4.79 Å². The summed E-state index contributed by atoms with van der Waals surface area (Å²) < 4.78 is 21.6. The Hall–Kier alpha value is -2.39. The lowest BCUT2D eigenvalue weighted by atomic mass is 10.1. The number of rotatable bonds is 6. The first-order chi connectivity index (χ1) is 13.0. The van der Waals surface area contributed by atoms with Crippen LogP contribution in [0, 0.1) is 0 Å². The average Bonchev–Trinajstić information content (AvgIpc) is 2.71. The van der Waals surface area contributed by atoms with Crippen molar-refractivity contribution < 1.29 is 33.6 Å². The van der Waals surface area contributed by atoms with E-state index < -0.39 is 29.8 Å². The number of carbonyl (C=O) groups is 2. The van der Waals surface area contributed by atoms with Gasteiger partial charge in [0.2, 0.25) is 0 Å². The Balaban J connectivity index is 2.07. The highest BCUT2D eigenvalue weighted by Gasteiger charge is 2.31. The number of esters is 1. The van der Waals surface area contributed by atoms with Gasteiger partial charge in [0, 0.05) is 31.9 Å². The fraction of sp³-hybridized carbons (Fsp3) is 0.611. The van der Waals surface area contributed by atoms with Gasteiger partial charge in [-0.1, -0.05) is 6.92 Å². The van der Waals surface area contributed by atoms with Crippen molar-refractivity contribution in [3.63, 3.8) is 0 Å². The molecule has 2 N–H and O–H groups in total. The van der Waals surface area contributed by atoms with E-state index in [0.29, 0.717) is 19.6 Å². The van der Waals surface area contributed by atoms with E-state index in [0.717, 1.165) is 6.42 Å². The molecule has 0 radical (unpaired) electrons. The summed E-state index contributed by atoms with van der Waals surface area (Å²) in [5, 5.41) is 12.5. The van der Waals surface area contributed by atoms with Crippen molar-refractivity contribution in [3.8, 4) is 11.5 Å². The van der Waals surface area contributed by atoms with Crippen LogP contribution in [0.1, 0.15) is 37.2 Å². The van der Waals surface area contributed by atoms with Crippen molar-refractivity contribution in [2.45, 2.75) is 44.9 Å². The summed E-state index contributed by atoms with van der Waals surface area (Å²) in [6.07, 6.45) is 2.01. The molecule has 0 aromatic carbocycles. The van der Waals surface area contributed by atoms with Crippen molar-refractivity contribution in [1.82, 2.24) is 10.3 Å². The lowest BCUT2D eigenvalue weighted by Crippen LogP contribution is -2.46. The Morgan fingerprint density at radius 3 is 2.96 bits per heavy atom. The minimum absolute atomic E-state index is 0.0531. The highest BCUT2D eigenvalue weighted by Crippen LogP contribution is 2.27. The number of cyclic esters (lactones) is 1. The number of aromatic nitrogens is 1. The van der Waals surface area contributed by atoms with E-state index >= 15 is 0 Å². The number of nitrogens with zero attached hydrogens (tertiary/aromatic N) is 1. The van der Waals surface area contributed by atoms with Gasteiger partial charge >= 0.3 is 5.97 Å². The lowest BCUT2D eigenvalue weighted by Gasteiger charge is -2.24. The molecule has 150 valence electrons. The Labute approximate surface area is 158 Å². The predicted octanol–water partition coefficient (Wildman–Crippen LogP) is 1.04. The van der Waals surface area contributed by atoms with Crippen LogP contribution >= 0.6 is 0 Å². The van der Waals surface area contributed by atoms with E-state index in [-0.39, 0.29) is 24.2 Å². The Morgan fingerprint density at radius 1 is 1.48 bits per heavy atom. The topological polar surface area (TPSA) is 116 Å². The minimum atomic E-state index is -1.03. The van der Waals surface area contributed by atoms with Crippen LogP contribution < -0.4 is 10.1 Å². The lowest BCUT2D eigenvalue weighted by molar-refractivity contribution is -0.158. The quantitative estimate of drug-likeness (QED) is 0.701. The third-order valence-corrected chi connectivity index (χ3v) is 4.10. The van der Waals surface area contributed by atoms with Gasteiger partial charge in [0.25, 0.3) is 5.91 Å². The smallest absolute Gasteiger partial charge is 0.331 e. The summed E-state index contributed by atoms with van der Waals surface area (Å²) >= 11 is 0. The van der Waals surface area contributed by atoms with Gasteiger partial charge in [-0.25, -0.2) is 9.78 Å². The van der Waals surface area contributed by atoms with E-state index in [1.54, 1.807) is 6.92 Å². The standard InChI is InChI=1S/C18H26N2O7/c1-4-8-26-13-6-9-25-10-12(18(23)27-11(13)2)20-17(22)15-16(21)14(24-3)5-7-19-15/h5,7,11-13,21H,4,6,8-10H2,1-3H3,(H,20,22)/t11-,12-,13+/m0/s1. The zero-order valence-electron chi connectivity index (χ0n) is 15.8. The molecule has 1 aliphatic rings. The van der Waals surface area contributed by atoms with Gasteiger partial charge in [0.05, 0.1) is 19.8 Å². The van der Waals surface area contributed by atoms with Crippen LogP contribution in [0.25, 0.3) is 0 Å². The van der Waals surface area contributed by atoms with Gasteiger partial charge in [-0.2, -0.15) is 0 Å². The fourth-order valence-electron chi connectivity index (χ4n) is 2.63. The first-order valence-electron chi connectivity index (χ1n) is 8.90. The molecule has 1 aliphatic heterocycles. The number of hydrogen-bond donors (Lipinski definition) is 2. The molecule has 3 atom stereocenters. The van der Waals surface area contributed by atoms with E-state index in [4.69, 9.17) is 18.9 Å². The van der Waals surface area contributed by atoms with Crippen LogP contribution in [-0.2, 0) is 19.0 Å². The van der Waals surface area contributed by atoms with Gasteiger partial charge in [0.15, 0.2) is 23.2 Å². The zero-order valence-corrected chi connectivity index (χ0v) is 15.8. The van der Waals surface area contributed by atoms with Crippen molar-refractivity contribution in [1.29, 1.82) is 0 Å². The molecule has 1 aromatic heterocycles. The molecule has 1 saturated heterocycles. The van der Waals surface area contributed by atoms with E-state index in [1.165, 1.54) is 19.4 Å². The second-order valence-corrected chi connectivity index (χ2v) is 6.15. The Morgan fingerprint density at radius 2 is 2.26 bits per heavy atom. The highest BCUT2D eigenvalue weighted by molar-refractivity contribution is 5.98. The number of methoxy groups -OCH3 is 1. The maximum atomic E-state index is 12.4. The molecule has 9 nitrogen and oxygen atoms in total. The average molecular weight is 382 g/mol. The van der Waals surface area contributed by atoms with Crippen LogP contribution in [0.4, 0.5) is 0 Å². The molecule has 2 heterocycles. The first kappa shape index (κ1) is 20.9. The number of carbonyl (C=O) groups excluding carboxylic acids is 2. The predicted molar refractivity (Wildman–Crippen MR) is 94.7 cm³/mol. The summed E-state index contributed by atoms with van der Waals surface area (Å²) in [5.74, 6) is -1.67. The molecular formula is C18H26N2O7. The number of ether oxygens (including phenoxy) is 4. The molecule has 0 aliphatic carbocycles. The monoisotopic (exact) mass is 382 g/mol. The molecule has 2 rings (SSSR count). The molecule has 1 aromatic rings. The van der Waals surface area contributed by atoms with Gasteiger partial charge < -0.3 is 29.4 Å². The number of hydrogen-bond acceptors (Lipinski definition) is 8.